The van der Waals surface area contributed by atoms with Crippen LogP contribution in [0.25, 0.3) is 0 Å². The highest BCUT2D eigenvalue weighted by molar-refractivity contribution is 5.77. The minimum atomic E-state index is 0.0377. The number of carbonyl (C=O) groups is 1. The molecule has 0 saturated heterocycles. The van der Waals surface area contributed by atoms with E-state index in [1.54, 1.807) is 0 Å². The van der Waals surface area contributed by atoms with E-state index in [0.717, 1.165) is 19.4 Å². The molecule has 0 aliphatic rings. The van der Waals surface area contributed by atoms with Crippen molar-refractivity contribution < 1.29 is 4.79 Å². The highest BCUT2D eigenvalue weighted by Crippen LogP contribution is 2.04. The van der Waals surface area contributed by atoms with E-state index in [0.29, 0.717) is 13.0 Å². The van der Waals surface area contributed by atoms with Crippen LogP contribution in [0.1, 0.15) is 33.1 Å². The van der Waals surface area contributed by atoms with Crippen LogP contribution in [-0.2, 0) is 4.79 Å². The SMILES string of the molecule is CCCNC(=O)CN(C)C(CC)CC#N. The first-order chi connectivity index (χ1) is 7.15. The molecule has 0 aromatic rings. The normalized spacial score (nSPS) is 12.2. The van der Waals surface area contributed by atoms with E-state index in [2.05, 4.69) is 11.4 Å². The van der Waals surface area contributed by atoms with Gasteiger partial charge in [-0.3, -0.25) is 9.69 Å². The van der Waals surface area contributed by atoms with Crippen molar-refractivity contribution in [1.29, 1.82) is 5.26 Å². The molecule has 0 aromatic heterocycles. The summed E-state index contributed by atoms with van der Waals surface area (Å²) in [7, 11) is 1.89. The summed E-state index contributed by atoms with van der Waals surface area (Å²) < 4.78 is 0. The van der Waals surface area contributed by atoms with Crippen molar-refractivity contribution in [1.82, 2.24) is 10.2 Å². The molecule has 1 N–H and O–H groups in total. The van der Waals surface area contributed by atoms with Gasteiger partial charge in [-0.2, -0.15) is 5.26 Å². The summed E-state index contributed by atoms with van der Waals surface area (Å²) in [4.78, 5) is 13.3. The lowest BCUT2D eigenvalue weighted by Gasteiger charge is -2.24. The van der Waals surface area contributed by atoms with E-state index in [1.807, 2.05) is 25.8 Å². The zero-order chi connectivity index (χ0) is 11.7. The number of nitrogens with zero attached hydrogens (tertiary/aromatic N) is 2. The maximum atomic E-state index is 11.4. The standard InChI is InChI=1S/C11H21N3O/c1-4-8-13-11(15)9-14(3)10(5-2)6-7-12/h10H,4-6,8-9H2,1-3H3,(H,13,15). The largest absolute Gasteiger partial charge is 0.355 e. The van der Waals surface area contributed by atoms with E-state index in [-0.39, 0.29) is 11.9 Å². The Morgan fingerprint density at radius 3 is 2.67 bits per heavy atom. The summed E-state index contributed by atoms with van der Waals surface area (Å²) >= 11 is 0. The Morgan fingerprint density at radius 2 is 2.20 bits per heavy atom. The topological polar surface area (TPSA) is 56.1 Å². The minimum absolute atomic E-state index is 0.0377. The quantitative estimate of drug-likeness (QED) is 0.687. The van der Waals surface area contributed by atoms with Crippen molar-refractivity contribution in [2.45, 2.75) is 39.2 Å². The number of likely N-dealkylation sites (N-methyl/N-ethyl adjacent to an activating group) is 1. The Kier molecular flexibility index (Phi) is 7.65. The van der Waals surface area contributed by atoms with Crippen LogP contribution in [0.2, 0.25) is 0 Å². The monoisotopic (exact) mass is 211 g/mol. The molecule has 1 amide bonds. The average Bonchev–Trinajstić information content (AvgIpc) is 2.22. The second kappa shape index (κ2) is 8.25. The first-order valence-corrected chi connectivity index (χ1v) is 5.49. The van der Waals surface area contributed by atoms with E-state index >= 15 is 0 Å². The van der Waals surface area contributed by atoms with Crippen molar-refractivity contribution in [3.05, 3.63) is 0 Å². The van der Waals surface area contributed by atoms with Crippen LogP contribution in [0, 0.1) is 11.3 Å². The highest BCUT2D eigenvalue weighted by Gasteiger charge is 2.14. The number of amides is 1. The molecular weight excluding hydrogens is 190 g/mol. The van der Waals surface area contributed by atoms with Gasteiger partial charge in [0.15, 0.2) is 0 Å². The van der Waals surface area contributed by atoms with Crippen molar-refractivity contribution in [2.24, 2.45) is 0 Å². The van der Waals surface area contributed by atoms with Gasteiger partial charge in [0.05, 0.1) is 19.0 Å². The van der Waals surface area contributed by atoms with Crippen LogP contribution in [0.4, 0.5) is 0 Å². The zero-order valence-corrected chi connectivity index (χ0v) is 9.92. The fourth-order valence-electron chi connectivity index (χ4n) is 1.39. The molecule has 0 aliphatic carbocycles. The van der Waals surface area contributed by atoms with Gasteiger partial charge in [-0.15, -0.1) is 0 Å². The number of carbonyl (C=O) groups excluding carboxylic acids is 1. The lowest BCUT2D eigenvalue weighted by molar-refractivity contribution is -0.122. The molecule has 4 nitrogen and oxygen atoms in total. The van der Waals surface area contributed by atoms with E-state index in [4.69, 9.17) is 5.26 Å². The highest BCUT2D eigenvalue weighted by atomic mass is 16.2. The third-order valence-corrected chi connectivity index (χ3v) is 2.39. The number of rotatable bonds is 7. The lowest BCUT2D eigenvalue weighted by atomic mass is 10.1. The first kappa shape index (κ1) is 13.9. The summed E-state index contributed by atoms with van der Waals surface area (Å²) in [5.74, 6) is 0.0377. The minimum Gasteiger partial charge on any atom is -0.355 e. The number of nitrogens with one attached hydrogen (secondary N) is 1. The number of hydrogen-bond donors (Lipinski definition) is 1. The summed E-state index contributed by atoms with van der Waals surface area (Å²) in [6, 6.07) is 2.33. The Balaban J connectivity index is 3.93. The summed E-state index contributed by atoms with van der Waals surface area (Å²) in [5.41, 5.74) is 0. The predicted octanol–water partition coefficient (Wildman–Crippen LogP) is 1.14. The molecule has 0 fully saturated rings. The third kappa shape index (κ3) is 6.08. The van der Waals surface area contributed by atoms with Crippen LogP contribution in [-0.4, -0.2) is 37.0 Å². The molecule has 0 saturated carbocycles. The van der Waals surface area contributed by atoms with Crippen molar-refractivity contribution in [3.8, 4) is 6.07 Å². The van der Waals surface area contributed by atoms with Crippen LogP contribution in [0.15, 0.2) is 0 Å². The van der Waals surface area contributed by atoms with E-state index < -0.39 is 0 Å². The van der Waals surface area contributed by atoms with Crippen LogP contribution in [0.3, 0.4) is 0 Å². The van der Waals surface area contributed by atoms with Gasteiger partial charge in [0, 0.05) is 12.6 Å². The average molecular weight is 211 g/mol. The fraction of sp³-hybridized carbons (Fsp3) is 0.818. The zero-order valence-electron chi connectivity index (χ0n) is 9.92. The molecule has 0 spiro atoms. The molecule has 0 aromatic carbocycles. The molecule has 15 heavy (non-hydrogen) atoms. The Hall–Kier alpha value is -1.08. The molecule has 1 atom stereocenters. The first-order valence-electron chi connectivity index (χ1n) is 5.49. The predicted molar refractivity (Wildman–Crippen MR) is 60.2 cm³/mol. The van der Waals surface area contributed by atoms with Gasteiger partial charge in [-0.25, -0.2) is 0 Å². The number of nitriles is 1. The molecule has 4 heteroatoms. The summed E-state index contributed by atoms with van der Waals surface area (Å²) in [6.45, 7) is 5.15. The van der Waals surface area contributed by atoms with Gasteiger partial charge in [0.2, 0.25) is 5.91 Å². The number of hydrogen-bond acceptors (Lipinski definition) is 3. The van der Waals surface area contributed by atoms with Gasteiger partial charge in [0.25, 0.3) is 0 Å². The molecule has 0 heterocycles. The van der Waals surface area contributed by atoms with Gasteiger partial charge < -0.3 is 5.32 Å². The van der Waals surface area contributed by atoms with Gasteiger partial charge in [0.1, 0.15) is 0 Å². The van der Waals surface area contributed by atoms with Crippen molar-refractivity contribution in [3.63, 3.8) is 0 Å². The van der Waals surface area contributed by atoms with E-state index in [9.17, 15) is 4.79 Å². The third-order valence-electron chi connectivity index (χ3n) is 2.39. The maximum absolute atomic E-state index is 11.4. The Morgan fingerprint density at radius 1 is 1.53 bits per heavy atom. The second-order valence-electron chi connectivity index (χ2n) is 3.69. The molecule has 0 radical (unpaired) electrons. The van der Waals surface area contributed by atoms with Gasteiger partial charge in [-0.1, -0.05) is 13.8 Å². The summed E-state index contributed by atoms with van der Waals surface area (Å²) in [6.07, 6.45) is 2.32. The van der Waals surface area contributed by atoms with Crippen molar-refractivity contribution >= 4 is 5.91 Å². The Bertz CT molecular complexity index is 222. The van der Waals surface area contributed by atoms with E-state index in [1.165, 1.54) is 0 Å². The van der Waals surface area contributed by atoms with Crippen LogP contribution < -0.4 is 5.32 Å². The van der Waals surface area contributed by atoms with Gasteiger partial charge in [-0.05, 0) is 19.9 Å². The van der Waals surface area contributed by atoms with Crippen molar-refractivity contribution in [2.75, 3.05) is 20.1 Å². The maximum Gasteiger partial charge on any atom is 0.234 e. The van der Waals surface area contributed by atoms with Crippen LogP contribution >= 0.6 is 0 Å². The Labute approximate surface area is 92.3 Å². The lowest BCUT2D eigenvalue weighted by Crippen LogP contribution is -2.40. The molecule has 0 aliphatic heterocycles. The van der Waals surface area contributed by atoms with Crippen LogP contribution in [0.5, 0.6) is 0 Å². The summed E-state index contributed by atoms with van der Waals surface area (Å²) in [5, 5.41) is 11.4. The fourth-order valence-corrected chi connectivity index (χ4v) is 1.39. The molecular formula is C11H21N3O. The smallest absolute Gasteiger partial charge is 0.234 e. The molecule has 1 unspecified atom stereocenters. The molecule has 0 bridgehead atoms. The van der Waals surface area contributed by atoms with Gasteiger partial charge >= 0.3 is 0 Å². The molecule has 0 rings (SSSR count). The molecule has 86 valence electrons. The second-order valence-corrected chi connectivity index (χ2v) is 3.69.